The highest BCUT2D eigenvalue weighted by Crippen LogP contribution is 2.36. The van der Waals surface area contributed by atoms with Gasteiger partial charge in [-0.05, 0) is 39.0 Å². The quantitative estimate of drug-likeness (QED) is 0.699. The Morgan fingerprint density at radius 2 is 2.03 bits per heavy atom. The van der Waals surface area contributed by atoms with Crippen LogP contribution in [0.5, 0.6) is 0 Å². The smallest absolute Gasteiger partial charge is 0.407 e. The van der Waals surface area contributed by atoms with Gasteiger partial charge in [0.25, 0.3) is 10.0 Å². The summed E-state index contributed by atoms with van der Waals surface area (Å²) in [7, 11) is -3.55. The van der Waals surface area contributed by atoms with Gasteiger partial charge in [-0.15, -0.1) is 0 Å². The first-order valence-electron chi connectivity index (χ1n) is 9.73. The number of fused-ring (bicyclic) bond motifs is 3. The van der Waals surface area contributed by atoms with E-state index in [2.05, 4.69) is 20.0 Å². The molecule has 0 atom stereocenters. The van der Waals surface area contributed by atoms with Gasteiger partial charge in [-0.25, -0.2) is 18.2 Å². The van der Waals surface area contributed by atoms with Crippen LogP contribution in [-0.2, 0) is 26.1 Å². The zero-order valence-corrected chi connectivity index (χ0v) is 18.5. The zero-order chi connectivity index (χ0) is 22.6. The molecule has 2 N–H and O–H groups in total. The van der Waals surface area contributed by atoms with Gasteiger partial charge in [-0.1, -0.05) is 0 Å². The second-order valence-electron chi connectivity index (χ2n) is 8.66. The third-order valence-electron chi connectivity index (χ3n) is 4.69. The number of sulfonamides is 1. The number of carbonyl (C=O) groups is 2. The predicted octanol–water partition coefficient (Wildman–Crippen LogP) is 0.514. The molecule has 3 aliphatic heterocycles. The topological polar surface area (TPSA) is 135 Å². The van der Waals surface area contributed by atoms with Crippen molar-refractivity contribution in [3.8, 4) is 11.4 Å². The van der Waals surface area contributed by atoms with Gasteiger partial charge in [-0.3, -0.25) is 4.79 Å². The van der Waals surface area contributed by atoms with E-state index in [1.54, 1.807) is 43.5 Å². The summed E-state index contributed by atoms with van der Waals surface area (Å²) in [6, 6.07) is 4.75. The lowest BCUT2D eigenvalue weighted by Crippen LogP contribution is -2.60. The van der Waals surface area contributed by atoms with Gasteiger partial charge in [-0.2, -0.15) is 4.40 Å². The van der Waals surface area contributed by atoms with E-state index in [0.717, 1.165) is 6.26 Å². The zero-order valence-electron chi connectivity index (χ0n) is 17.7. The summed E-state index contributed by atoms with van der Waals surface area (Å²) in [6.07, 6.45) is 0.547. The maximum Gasteiger partial charge on any atom is 0.407 e. The maximum absolute atomic E-state index is 12.1. The second-order valence-corrected chi connectivity index (χ2v) is 10.3. The van der Waals surface area contributed by atoms with Crippen LogP contribution < -0.4 is 20.9 Å². The van der Waals surface area contributed by atoms with Gasteiger partial charge in [0.05, 0.1) is 29.0 Å². The number of carbonyl (C=O) groups excluding carboxylic acids is 2. The van der Waals surface area contributed by atoms with Crippen molar-refractivity contribution in [2.24, 2.45) is 4.40 Å². The molecule has 0 spiro atoms. The molecule has 2 amide bonds. The van der Waals surface area contributed by atoms with Gasteiger partial charge in [0.2, 0.25) is 5.91 Å². The summed E-state index contributed by atoms with van der Waals surface area (Å²) < 4.78 is 33.7. The Hall–Kier alpha value is -3.15. The van der Waals surface area contributed by atoms with E-state index in [1.165, 1.54) is 0 Å². The van der Waals surface area contributed by atoms with Crippen molar-refractivity contribution in [1.82, 2.24) is 14.9 Å². The Bertz CT molecular complexity index is 1210. The van der Waals surface area contributed by atoms with Crippen molar-refractivity contribution in [2.75, 3.05) is 29.6 Å². The van der Waals surface area contributed by atoms with Gasteiger partial charge in [0.15, 0.2) is 11.6 Å². The molecule has 1 fully saturated rings. The van der Waals surface area contributed by atoms with Gasteiger partial charge in [0.1, 0.15) is 12.1 Å². The van der Waals surface area contributed by atoms with Gasteiger partial charge in [0, 0.05) is 13.1 Å². The molecule has 3 heterocycles. The molecule has 1 saturated heterocycles. The average molecular weight is 449 g/mol. The highest BCUT2D eigenvalue weighted by molar-refractivity contribution is 7.89. The van der Waals surface area contributed by atoms with Crippen molar-refractivity contribution in [2.45, 2.75) is 39.0 Å². The number of amides is 2. The monoisotopic (exact) mass is 448 g/mol. The molecule has 0 saturated carbocycles. The number of hydrogen-bond acceptors (Lipinski definition) is 7. The summed E-state index contributed by atoms with van der Waals surface area (Å²) in [5.41, 5.74) is 0.634. The van der Waals surface area contributed by atoms with Crippen LogP contribution in [0.15, 0.2) is 22.6 Å². The molecule has 0 aromatic heterocycles. The Labute approximate surface area is 179 Å². The molecule has 166 valence electrons. The van der Waals surface area contributed by atoms with E-state index in [-0.39, 0.29) is 23.9 Å². The number of ether oxygens (including phenoxy) is 1. The van der Waals surface area contributed by atoms with Crippen molar-refractivity contribution >= 4 is 33.7 Å². The maximum atomic E-state index is 12.1. The number of anilines is 2. The fraction of sp³-hybridized carbons (Fsp3) is 0.474. The predicted molar refractivity (Wildman–Crippen MR) is 113 cm³/mol. The molecule has 0 radical (unpaired) electrons. The van der Waals surface area contributed by atoms with Crippen molar-refractivity contribution < 1.29 is 22.7 Å². The summed E-state index contributed by atoms with van der Waals surface area (Å²) in [4.78, 5) is 30.7. The van der Waals surface area contributed by atoms with Gasteiger partial charge < -0.3 is 24.8 Å². The normalized spacial score (nSPS) is 17.4. The van der Waals surface area contributed by atoms with E-state index >= 15 is 0 Å². The van der Waals surface area contributed by atoms with E-state index in [1.807, 2.05) is 4.90 Å². The first kappa shape index (κ1) is 21.1. The minimum Gasteiger partial charge on any atom is -0.444 e. The molecule has 12 heteroatoms. The van der Waals surface area contributed by atoms with Crippen LogP contribution in [0.3, 0.4) is 0 Å². The molecular formula is C19H24N6O5S. The Morgan fingerprint density at radius 3 is 2.68 bits per heavy atom. The lowest BCUT2D eigenvalue weighted by atomic mass is 10.1. The van der Waals surface area contributed by atoms with Gasteiger partial charge >= 0.3 is 6.09 Å². The molecule has 11 nitrogen and oxygen atoms in total. The first-order valence-corrected chi connectivity index (χ1v) is 11.6. The Kier molecular flexibility index (Phi) is 4.91. The number of nitrogens with zero attached hydrogens (tertiary/aromatic N) is 4. The largest absolute Gasteiger partial charge is 0.444 e. The highest BCUT2D eigenvalue weighted by Gasteiger charge is 2.35. The fourth-order valence-electron chi connectivity index (χ4n) is 3.52. The lowest BCUT2D eigenvalue weighted by Gasteiger charge is -2.41. The number of benzene rings is 1. The minimum absolute atomic E-state index is 0.0944. The van der Waals surface area contributed by atoms with E-state index in [4.69, 9.17) is 4.74 Å². The molecule has 0 unspecified atom stereocenters. The van der Waals surface area contributed by atoms with Crippen LogP contribution in [0.4, 0.5) is 16.4 Å². The van der Waals surface area contributed by atoms with Crippen LogP contribution >= 0.6 is 0 Å². The van der Waals surface area contributed by atoms with E-state index in [9.17, 15) is 18.0 Å². The number of nitrogens with one attached hydrogen (secondary N) is 2. The molecule has 0 aromatic rings. The van der Waals surface area contributed by atoms with Crippen LogP contribution in [0.25, 0.3) is 11.4 Å². The van der Waals surface area contributed by atoms with E-state index < -0.39 is 21.7 Å². The van der Waals surface area contributed by atoms with Crippen molar-refractivity contribution in [3.63, 3.8) is 0 Å². The number of alkyl carbamates (subject to hydrolysis) is 1. The third-order valence-corrected chi connectivity index (χ3v) is 5.23. The molecule has 0 bridgehead atoms. The summed E-state index contributed by atoms with van der Waals surface area (Å²) in [5, 5.41) is 5.91. The molecule has 31 heavy (non-hydrogen) atoms. The summed E-state index contributed by atoms with van der Waals surface area (Å²) in [5.74, 6) is 0.933. The third kappa shape index (κ3) is 4.63. The second kappa shape index (κ2) is 7.22. The Balaban J connectivity index is 1.61. The van der Waals surface area contributed by atoms with Crippen LogP contribution in [0.2, 0.25) is 0 Å². The molecule has 1 aliphatic carbocycles. The van der Waals surface area contributed by atoms with Crippen LogP contribution in [0, 0.1) is 0 Å². The van der Waals surface area contributed by atoms with Crippen molar-refractivity contribution in [3.05, 3.63) is 23.6 Å². The lowest BCUT2D eigenvalue weighted by molar-refractivity contribution is -0.115. The van der Waals surface area contributed by atoms with Crippen molar-refractivity contribution in [1.29, 1.82) is 0 Å². The number of rotatable bonds is 3. The molecule has 4 aliphatic rings. The standard InChI is InChI=1S/C19H24N6O5S/c1-19(2,3)30-18(27)20-12-8-24(9-12)16-17-22-15(26)10-25(17)14-7-11(23-31(4,28)29)5-6-13(14)21-16/h5-7,12H,8-10H2,1-4H3,(H,20,27)(H,22,26). The van der Waals surface area contributed by atoms with Crippen LogP contribution in [-0.4, -0.2) is 61.0 Å². The fourth-order valence-corrected chi connectivity index (χ4v) is 4.02. The number of aromatic nitrogens is 2. The minimum atomic E-state index is -3.55. The highest BCUT2D eigenvalue weighted by atomic mass is 32.2. The molecule has 4 rings (SSSR count). The van der Waals surface area contributed by atoms with E-state index in [0.29, 0.717) is 36.1 Å². The summed E-state index contributed by atoms with van der Waals surface area (Å²) in [6.45, 7) is 6.53. The number of hydrogen-bond donors (Lipinski definition) is 2. The van der Waals surface area contributed by atoms with Crippen LogP contribution in [0.1, 0.15) is 20.8 Å². The molecular weight excluding hydrogens is 424 g/mol. The Morgan fingerprint density at radius 1 is 1.32 bits per heavy atom. The summed E-state index contributed by atoms with van der Waals surface area (Å²) >= 11 is 0. The SMILES string of the molecule is CC(C)(C)OC(=O)NC1CN(c2nc3ccc(=NS(C)(=O)=O)cc-3n3c2NC(=O)C3)C1. The average Bonchev–Trinajstić information content (AvgIpc) is 2.96. The first-order chi connectivity index (χ1) is 14.4. The molecule has 0 aromatic carbocycles.